The van der Waals surface area contributed by atoms with E-state index in [2.05, 4.69) is 165 Å². The van der Waals surface area contributed by atoms with Crippen molar-refractivity contribution >= 4 is 0 Å². The van der Waals surface area contributed by atoms with E-state index in [1.165, 1.54) is 124 Å². The molecule has 8 rings (SSSR count). The Morgan fingerprint density at radius 1 is 0.240 bits per heavy atom. The van der Waals surface area contributed by atoms with E-state index >= 15 is 0 Å². The molecule has 0 amide bonds. The molecule has 0 atom stereocenters. The van der Waals surface area contributed by atoms with E-state index in [9.17, 15) is 52.7 Å². The molecule has 0 N–H and O–H groups in total. The van der Waals surface area contributed by atoms with E-state index in [0.29, 0.717) is 67.8 Å². The Morgan fingerprint density at radius 3 is 0.792 bits per heavy atom. The van der Waals surface area contributed by atoms with E-state index in [0.717, 1.165) is 29.7 Å². The van der Waals surface area contributed by atoms with Gasteiger partial charge in [0.05, 0.1) is 36.5 Å². The predicted molar refractivity (Wildman–Crippen MR) is 377 cm³/mol. The maximum Gasteiger partial charge on any atom is 0.416 e. The molecule has 0 aromatic heterocycles. The van der Waals surface area contributed by atoms with Gasteiger partial charge in [0.15, 0.2) is 0 Å². The SMILES string of the molecule is COc1cc(C(C)C)c(C)c(C(C)C)c1.COc1cc(C)c(C)c(C(C)C)c1.Cc1cc(C)c(C)c(C(F)(F)F)c1.Cc1cc(C)c(C)c(C)c1.Cc1ccc(C)c(C)c1.Cc1cccc(C(F)(F)F)c1C.Cc1cccc(C(F)(F)F)c1C.Cc1cccc(C(F)(F)F)c1C. The summed E-state index contributed by atoms with van der Waals surface area (Å²) in [6.45, 7) is 49.2. The van der Waals surface area contributed by atoms with Crippen molar-refractivity contribution in [1.29, 1.82) is 0 Å². The smallest absolute Gasteiger partial charge is 0.416 e. The van der Waals surface area contributed by atoms with Crippen LogP contribution in [0.2, 0.25) is 0 Å². The second kappa shape index (κ2) is 37.9. The molecular weight excluding hydrogens is 1240 g/mol. The third kappa shape index (κ3) is 27.6. The maximum absolute atomic E-state index is 12.4. The van der Waals surface area contributed by atoms with Crippen LogP contribution in [0.3, 0.4) is 0 Å². The summed E-state index contributed by atoms with van der Waals surface area (Å²) < 4.78 is 158. The number of methoxy groups -OCH3 is 2. The van der Waals surface area contributed by atoms with Crippen LogP contribution in [-0.4, -0.2) is 14.2 Å². The number of hydrogen-bond acceptors (Lipinski definition) is 2. The van der Waals surface area contributed by atoms with Gasteiger partial charge in [-0.25, -0.2) is 0 Å². The van der Waals surface area contributed by atoms with E-state index in [1.807, 2.05) is 0 Å². The lowest BCUT2D eigenvalue weighted by Gasteiger charge is -2.18. The van der Waals surface area contributed by atoms with E-state index in [-0.39, 0.29) is 0 Å². The van der Waals surface area contributed by atoms with Crippen molar-refractivity contribution in [3.63, 3.8) is 0 Å². The highest BCUT2D eigenvalue weighted by atomic mass is 19.4. The van der Waals surface area contributed by atoms with E-state index in [1.54, 1.807) is 73.1 Å². The zero-order valence-corrected chi connectivity index (χ0v) is 61.6. The summed E-state index contributed by atoms with van der Waals surface area (Å²) in [5, 5.41) is 0. The molecule has 8 aromatic carbocycles. The van der Waals surface area contributed by atoms with Gasteiger partial charge in [-0.05, 0) is 304 Å². The minimum Gasteiger partial charge on any atom is -0.497 e. The first-order valence-electron chi connectivity index (χ1n) is 31.9. The van der Waals surface area contributed by atoms with Crippen molar-refractivity contribution in [2.45, 2.75) is 216 Å². The number of aryl methyl sites for hydroxylation is 12. The van der Waals surface area contributed by atoms with Gasteiger partial charge in [-0.15, -0.1) is 0 Å². The van der Waals surface area contributed by atoms with Gasteiger partial charge >= 0.3 is 24.7 Å². The minimum absolute atomic E-state index is 0.310. The topological polar surface area (TPSA) is 18.5 Å². The molecule has 14 heteroatoms. The third-order valence-electron chi connectivity index (χ3n) is 17.1. The summed E-state index contributed by atoms with van der Waals surface area (Å²) in [5.74, 6) is 3.61. The lowest BCUT2D eigenvalue weighted by atomic mass is 9.89. The summed E-state index contributed by atoms with van der Waals surface area (Å²) in [7, 11) is 3.45. The molecule has 0 radical (unpaired) electrons. The van der Waals surface area contributed by atoms with Crippen molar-refractivity contribution < 1.29 is 62.2 Å². The second-order valence-electron chi connectivity index (χ2n) is 25.7. The van der Waals surface area contributed by atoms with Crippen LogP contribution in [0.4, 0.5) is 52.7 Å². The van der Waals surface area contributed by atoms with E-state index in [4.69, 9.17) is 9.47 Å². The highest BCUT2D eigenvalue weighted by molar-refractivity contribution is 5.46. The zero-order valence-electron chi connectivity index (χ0n) is 61.6. The predicted octanol–water partition coefficient (Wildman–Crippen LogP) is 26.8. The average molecular weight is 1350 g/mol. The summed E-state index contributed by atoms with van der Waals surface area (Å²) >= 11 is 0. The molecule has 8 aromatic rings. The van der Waals surface area contributed by atoms with Gasteiger partial charge in [-0.3, -0.25) is 0 Å². The largest absolute Gasteiger partial charge is 0.497 e. The summed E-state index contributed by atoms with van der Waals surface area (Å²) in [6.07, 6.45) is -16.9. The second-order valence-corrected chi connectivity index (χ2v) is 25.7. The van der Waals surface area contributed by atoms with Crippen LogP contribution in [0, 0.1) is 132 Å². The quantitative estimate of drug-likeness (QED) is 0.160. The Bertz CT molecular complexity index is 3560. The van der Waals surface area contributed by atoms with Gasteiger partial charge in [0.1, 0.15) is 11.5 Å². The van der Waals surface area contributed by atoms with Crippen LogP contribution in [0.15, 0.2) is 121 Å². The first kappa shape index (κ1) is 86.5. The monoisotopic (exact) mass is 1350 g/mol. The van der Waals surface area contributed by atoms with Gasteiger partial charge < -0.3 is 9.47 Å². The first-order chi connectivity index (χ1) is 43.9. The number of halogens is 12. The van der Waals surface area contributed by atoms with Crippen LogP contribution in [0.25, 0.3) is 0 Å². The molecule has 0 spiro atoms. The highest BCUT2D eigenvalue weighted by Crippen LogP contribution is 2.37. The zero-order chi connectivity index (χ0) is 74.5. The molecule has 2 nitrogen and oxygen atoms in total. The van der Waals surface area contributed by atoms with Crippen molar-refractivity contribution in [2.24, 2.45) is 0 Å². The van der Waals surface area contributed by atoms with Crippen molar-refractivity contribution in [1.82, 2.24) is 0 Å². The standard InChI is InChI=1S/C14H22O.C12H18O.C10H11F3.C10H14.3C9H9F3.C9H12/c1-9(2)13-7-12(15-6)8-14(10(3)4)11(13)5;1-8(2)12-7-11(13-5)6-9(3)10(12)4;1-6-4-7(2)8(3)9(5-6)10(11,12)13;1-7-5-8(2)10(4)9(3)6-7;3*1-6-4-3-5-8(7(6)2)9(10,11)12;1-7-4-5-8(2)9(3)6-7/h7-10H,1-6H3;6-8H,1-5H3;4-5H,1-3H3;5-6H,1-4H3;3*3-5H,1-2H3;4-6H,1-3H3. The van der Waals surface area contributed by atoms with Gasteiger partial charge in [0.2, 0.25) is 0 Å². The van der Waals surface area contributed by atoms with E-state index < -0.39 is 47.0 Å². The van der Waals surface area contributed by atoms with Gasteiger partial charge in [0.25, 0.3) is 0 Å². The van der Waals surface area contributed by atoms with Crippen LogP contribution in [-0.2, 0) is 24.7 Å². The van der Waals surface area contributed by atoms with Crippen molar-refractivity contribution in [2.75, 3.05) is 14.2 Å². The van der Waals surface area contributed by atoms with Gasteiger partial charge in [-0.2, -0.15) is 52.7 Å². The van der Waals surface area contributed by atoms with Crippen LogP contribution in [0.1, 0.15) is 204 Å². The summed E-state index contributed by atoms with van der Waals surface area (Å²) in [4.78, 5) is 0. The molecule has 0 aliphatic carbocycles. The minimum atomic E-state index is -4.24. The van der Waals surface area contributed by atoms with Crippen molar-refractivity contribution in [3.8, 4) is 11.5 Å². The fourth-order valence-electron chi connectivity index (χ4n) is 10.3. The lowest BCUT2D eigenvalue weighted by molar-refractivity contribution is -0.138. The first-order valence-corrected chi connectivity index (χ1v) is 31.9. The van der Waals surface area contributed by atoms with Gasteiger partial charge in [0, 0.05) is 0 Å². The normalized spacial score (nSPS) is 11.1. The molecule has 0 saturated heterocycles. The summed E-state index contributed by atoms with van der Waals surface area (Å²) in [5.41, 5.74) is 20.4. The Labute approximate surface area is 566 Å². The lowest BCUT2D eigenvalue weighted by Crippen LogP contribution is -2.08. The molecule has 0 heterocycles. The molecule has 0 bridgehead atoms. The third-order valence-corrected chi connectivity index (χ3v) is 17.1. The number of rotatable bonds is 5. The summed E-state index contributed by atoms with van der Waals surface area (Å²) in [6, 6.07) is 35.0. The Morgan fingerprint density at radius 2 is 0.510 bits per heavy atom. The fraction of sp³-hybridized carbons (Fsp3) is 0.415. The maximum atomic E-state index is 12.4. The van der Waals surface area contributed by atoms with Crippen molar-refractivity contribution in [3.05, 3.63) is 266 Å². The van der Waals surface area contributed by atoms with Crippen LogP contribution < -0.4 is 9.47 Å². The molecule has 0 aliphatic heterocycles. The molecule has 0 fully saturated rings. The highest BCUT2D eigenvalue weighted by Gasteiger charge is 2.35. The Kier molecular flexibility index (Phi) is 34.1. The molecule has 528 valence electrons. The molecular formula is C82H104F12O2. The van der Waals surface area contributed by atoms with Crippen LogP contribution in [0.5, 0.6) is 11.5 Å². The Balaban J connectivity index is 0.000000550. The van der Waals surface area contributed by atoms with Gasteiger partial charge in [-0.1, -0.05) is 131 Å². The fourth-order valence-corrected chi connectivity index (χ4v) is 10.3. The number of ether oxygens (including phenoxy) is 2. The van der Waals surface area contributed by atoms with Crippen LogP contribution >= 0.6 is 0 Å². The average Bonchev–Trinajstić information content (AvgIpc) is 0.852. The molecule has 0 saturated carbocycles. The molecule has 0 unspecified atom stereocenters. The number of benzene rings is 8. The number of alkyl halides is 12. The Hall–Kier alpha value is -7.48. The number of hydrogen-bond donors (Lipinski definition) is 0. The molecule has 0 aliphatic rings. The molecule has 96 heavy (non-hydrogen) atoms.